The predicted octanol–water partition coefficient (Wildman–Crippen LogP) is 3.33. The molecule has 154 valence electrons. The Hall–Kier alpha value is -3.55. The Bertz CT molecular complexity index is 878. The van der Waals surface area contributed by atoms with Gasteiger partial charge in [-0.05, 0) is 68.8 Å². The van der Waals surface area contributed by atoms with Crippen molar-refractivity contribution < 1.29 is 23.9 Å². The number of rotatable bonds is 7. The molecule has 0 saturated heterocycles. The minimum Gasteiger partial charge on any atom is -0.482 e. The molecule has 0 aliphatic rings. The smallest absolute Gasteiger partial charge is 0.343 e. The van der Waals surface area contributed by atoms with Gasteiger partial charge in [-0.15, -0.1) is 0 Å². The molecule has 8 heteroatoms. The van der Waals surface area contributed by atoms with Crippen LogP contribution in [0, 0.1) is 6.92 Å². The molecule has 0 fully saturated rings. The standard InChI is InChI=1S/C21H25N3O5/c1-13(2)22-21(27)23-16-7-5-15(6-8-16)20(26)24-18-10-9-17(11-14(18)3)29-12-19(25)28-4/h5-11,13H,12H2,1-4H3,(H,24,26)(H2,22,23,27). The monoisotopic (exact) mass is 399 g/mol. The van der Waals surface area contributed by atoms with Crippen LogP contribution >= 0.6 is 0 Å². The van der Waals surface area contributed by atoms with E-state index >= 15 is 0 Å². The number of nitrogens with one attached hydrogen (secondary N) is 3. The van der Waals surface area contributed by atoms with Crippen LogP contribution < -0.4 is 20.7 Å². The number of urea groups is 1. The van der Waals surface area contributed by atoms with Gasteiger partial charge in [-0.1, -0.05) is 0 Å². The van der Waals surface area contributed by atoms with Gasteiger partial charge in [0, 0.05) is 23.0 Å². The van der Waals surface area contributed by atoms with Crippen LogP contribution in [-0.4, -0.2) is 37.7 Å². The fourth-order valence-corrected chi connectivity index (χ4v) is 2.40. The highest BCUT2D eigenvalue weighted by atomic mass is 16.6. The van der Waals surface area contributed by atoms with Gasteiger partial charge in [0.15, 0.2) is 6.61 Å². The quantitative estimate of drug-likeness (QED) is 0.619. The number of aryl methyl sites for hydroxylation is 1. The third-order valence-corrected chi connectivity index (χ3v) is 3.86. The Labute approximate surface area is 169 Å². The van der Waals surface area contributed by atoms with E-state index in [2.05, 4.69) is 20.7 Å². The van der Waals surface area contributed by atoms with Crippen molar-refractivity contribution in [2.45, 2.75) is 26.8 Å². The molecule has 0 atom stereocenters. The normalized spacial score (nSPS) is 10.2. The molecule has 0 spiro atoms. The number of anilines is 2. The molecule has 3 amide bonds. The van der Waals surface area contributed by atoms with Crippen LogP contribution in [0.4, 0.5) is 16.2 Å². The Morgan fingerprint density at radius 1 is 1.00 bits per heavy atom. The van der Waals surface area contributed by atoms with Crippen LogP contribution in [0.25, 0.3) is 0 Å². The summed E-state index contributed by atoms with van der Waals surface area (Å²) in [6.45, 7) is 5.37. The summed E-state index contributed by atoms with van der Waals surface area (Å²) in [5, 5.41) is 8.26. The lowest BCUT2D eigenvalue weighted by atomic mass is 10.1. The van der Waals surface area contributed by atoms with Crippen molar-refractivity contribution in [2.75, 3.05) is 24.4 Å². The van der Waals surface area contributed by atoms with E-state index in [-0.39, 0.29) is 24.6 Å². The molecular weight excluding hydrogens is 374 g/mol. The number of ether oxygens (including phenoxy) is 2. The maximum atomic E-state index is 12.5. The molecule has 0 saturated carbocycles. The summed E-state index contributed by atoms with van der Waals surface area (Å²) < 4.78 is 9.85. The van der Waals surface area contributed by atoms with Gasteiger partial charge in [-0.3, -0.25) is 4.79 Å². The fraction of sp³-hybridized carbons (Fsp3) is 0.286. The second-order valence-electron chi connectivity index (χ2n) is 6.63. The second kappa shape index (κ2) is 10.1. The molecule has 2 rings (SSSR count). The average Bonchev–Trinajstić information content (AvgIpc) is 2.67. The topological polar surface area (TPSA) is 106 Å². The molecule has 0 aliphatic carbocycles. The van der Waals surface area contributed by atoms with E-state index in [4.69, 9.17) is 4.74 Å². The lowest BCUT2D eigenvalue weighted by Crippen LogP contribution is -2.34. The zero-order valence-corrected chi connectivity index (χ0v) is 16.9. The number of hydrogen-bond acceptors (Lipinski definition) is 5. The SMILES string of the molecule is COC(=O)COc1ccc(NC(=O)c2ccc(NC(=O)NC(C)C)cc2)c(C)c1. The van der Waals surface area contributed by atoms with E-state index in [9.17, 15) is 14.4 Å². The van der Waals surface area contributed by atoms with Crippen molar-refractivity contribution in [3.63, 3.8) is 0 Å². The number of carbonyl (C=O) groups is 3. The van der Waals surface area contributed by atoms with Crippen LogP contribution in [0.3, 0.4) is 0 Å². The summed E-state index contributed by atoms with van der Waals surface area (Å²) in [5.74, 6) is -0.254. The molecule has 0 unspecified atom stereocenters. The summed E-state index contributed by atoms with van der Waals surface area (Å²) in [6, 6.07) is 11.4. The number of amides is 3. The Kier molecular flexibility index (Phi) is 7.59. The first-order chi connectivity index (χ1) is 13.8. The highest BCUT2D eigenvalue weighted by Gasteiger charge is 2.10. The van der Waals surface area contributed by atoms with Gasteiger partial charge < -0.3 is 25.4 Å². The summed E-state index contributed by atoms with van der Waals surface area (Å²) >= 11 is 0. The van der Waals surface area contributed by atoms with Crippen LogP contribution in [0.15, 0.2) is 42.5 Å². The Morgan fingerprint density at radius 2 is 1.69 bits per heavy atom. The first-order valence-corrected chi connectivity index (χ1v) is 9.07. The van der Waals surface area contributed by atoms with Gasteiger partial charge in [0.2, 0.25) is 0 Å². The lowest BCUT2D eigenvalue weighted by molar-refractivity contribution is -0.142. The molecule has 0 heterocycles. The van der Waals surface area contributed by atoms with E-state index in [0.29, 0.717) is 22.7 Å². The van der Waals surface area contributed by atoms with Gasteiger partial charge in [0.25, 0.3) is 5.91 Å². The largest absolute Gasteiger partial charge is 0.482 e. The minimum atomic E-state index is -0.473. The van der Waals surface area contributed by atoms with Crippen molar-refractivity contribution in [3.8, 4) is 5.75 Å². The van der Waals surface area contributed by atoms with E-state index in [1.54, 1.807) is 42.5 Å². The summed E-state index contributed by atoms with van der Waals surface area (Å²) in [4.78, 5) is 35.3. The van der Waals surface area contributed by atoms with Crippen molar-refractivity contribution in [2.24, 2.45) is 0 Å². The fourth-order valence-electron chi connectivity index (χ4n) is 2.40. The molecule has 2 aromatic rings. The third-order valence-electron chi connectivity index (χ3n) is 3.86. The molecule has 8 nitrogen and oxygen atoms in total. The van der Waals surface area contributed by atoms with Gasteiger partial charge in [-0.25, -0.2) is 9.59 Å². The zero-order valence-electron chi connectivity index (χ0n) is 16.9. The van der Waals surface area contributed by atoms with Gasteiger partial charge in [0.1, 0.15) is 5.75 Å². The van der Waals surface area contributed by atoms with Crippen molar-refractivity contribution in [1.29, 1.82) is 0 Å². The first kappa shape index (κ1) is 21.7. The second-order valence-corrected chi connectivity index (χ2v) is 6.63. The van der Waals surface area contributed by atoms with Crippen LogP contribution in [0.2, 0.25) is 0 Å². The molecule has 0 radical (unpaired) electrons. The number of hydrogen-bond donors (Lipinski definition) is 3. The molecule has 0 aliphatic heterocycles. The highest BCUT2D eigenvalue weighted by molar-refractivity contribution is 6.05. The molecule has 3 N–H and O–H groups in total. The zero-order chi connectivity index (χ0) is 21.4. The van der Waals surface area contributed by atoms with Crippen molar-refractivity contribution in [3.05, 3.63) is 53.6 Å². The number of carbonyl (C=O) groups excluding carboxylic acids is 3. The lowest BCUT2D eigenvalue weighted by Gasteiger charge is -2.12. The molecule has 0 aromatic heterocycles. The molecular formula is C21H25N3O5. The van der Waals surface area contributed by atoms with E-state index < -0.39 is 5.97 Å². The highest BCUT2D eigenvalue weighted by Crippen LogP contribution is 2.22. The summed E-state index contributed by atoms with van der Waals surface area (Å²) in [5.41, 5.74) is 2.44. The summed E-state index contributed by atoms with van der Waals surface area (Å²) in [7, 11) is 1.29. The average molecular weight is 399 g/mol. The van der Waals surface area contributed by atoms with Crippen LogP contribution in [0.5, 0.6) is 5.75 Å². The number of methoxy groups -OCH3 is 1. The Balaban J connectivity index is 1.97. The van der Waals surface area contributed by atoms with Gasteiger partial charge in [-0.2, -0.15) is 0 Å². The number of esters is 1. The minimum absolute atomic E-state index is 0.0283. The molecule has 29 heavy (non-hydrogen) atoms. The third kappa shape index (κ3) is 6.84. The van der Waals surface area contributed by atoms with Gasteiger partial charge >= 0.3 is 12.0 Å². The van der Waals surface area contributed by atoms with Crippen molar-refractivity contribution >= 4 is 29.3 Å². The maximum Gasteiger partial charge on any atom is 0.343 e. The molecule has 0 bridgehead atoms. The van der Waals surface area contributed by atoms with Gasteiger partial charge in [0.05, 0.1) is 7.11 Å². The van der Waals surface area contributed by atoms with Crippen molar-refractivity contribution in [1.82, 2.24) is 5.32 Å². The van der Waals surface area contributed by atoms with E-state index in [0.717, 1.165) is 5.56 Å². The summed E-state index contributed by atoms with van der Waals surface area (Å²) in [6.07, 6.45) is 0. The van der Waals surface area contributed by atoms with Crippen LogP contribution in [-0.2, 0) is 9.53 Å². The maximum absolute atomic E-state index is 12.5. The number of benzene rings is 2. The predicted molar refractivity (Wildman–Crippen MR) is 110 cm³/mol. The molecule has 2 aromatic carbocycles. The Morgan fingerprint density at radius 3 is 2.28 bits per heavy atom. The van der Waals surface area contributed by atoms with E-state index in [1.165, 1.54) is 7.11 Å². The van der Waals surface area contributed by atoms with Crippen LogP contribution in [0.1, 0.15) is 29.8 Å². The first-order valence-electron chi connectivity index (χ1n) is 9.07. The van der Waals surface area contributed by atoms with E-state index in [1.807, 2.05) is 20.8 Å².